The third-order valence-corrected chi connectivity index (χ3v) is 7.23. The SMILES string of the molecule is CC(C)c1nnc2ccc(Sc3ccccc3CNC(=O)NCC3CCC(C#N)CC3)cn12. The largest absolute Gasteiger partial charge is 0.338 e. The molecular weight excluding hydrogens is 432 g/mol. The van der Waals surface area contributed by atoms with Crippen molar-refractivity contribution in [3.05, 3.63) is 54.0 Å². The van der Waals surface area contributed by atoms with E-state index in [1.165, 1.54) is 0 Å². The molecule has 1 fully saturated rings. The van der Waals surface area contributed by atoms with E-state index in [0.29, 0.717) is 19.0 Å². The van der Waals surface area contributed by atoms with Crippen LogP contribution in [-0.4, -0.2) is 27.2 Å². The third kappa shape index (κ3) is 5.85. The zero-order valence-corrected chi connectivity index (χ0v) is 19.9. The van der Waals surface area contributed by atoms with Gasteiger partial charge in [-0.05, 0) is 55.4 Å². The molecule has 0 saturated heterocycles. The maximum Gasteiger partial charge on any atom is 0.315 e. The Kier molecular flexibility index (Phi) is 7.50. The molecule has 3 aromatic rings. The van der Waals surface area contributed by atoms with Crippen LogP contribution in [0.25, 0.3) is 5.65 Å². The van der Waals surface area contributed by atoms with Crippen molar-refractivity contribution in [1.29, 1.82) is 5.26 Å². The molecule has 1 aliphatic rings. The number of hydrogen-bond donors (Lipinski definition) is 2. The van der Waals surface area contributed by atoms with E-state index in [9.17, 15) is 4.79 Å². The Balaban J connectivity index is 1.34. The molecule has 0 bridgehead atoms. The lowest BCUT2D eigenvalue weighted by Gasteiger charge is -2.24. The zero-order valence-electron chi connectivity index (χ0n) is 19.1. The first-order chi connectivity index (χ1) is 16.0. The third-order valence-electron chi connectivity index (χ3n) is 6.14. The van der Waals surface area contributed by atoms with Gasteiger partial charge in [-0.2, -0.15) is 5.26 Å². The Morgan fingerprint density at radius 3 is 2.70 bits per heavy atom. The van der Waals surface area contributed by atoms with Crippen LogP contribution in [0.5, 0.6) is 0 Å². The van der Waals surface area contributed by atoms with Crippen molar-refractivity contribution in [2.45, 2.75) is 61.8 Å². The number of benzene rings is 1. The molecule has 1 saturated carbocycles. The number of fused-ring (bicyclic) bond motifs is 1. The van der Waals surface area contributed by atoms with E-state index in [1.54, 1.807) is 11.8 Å². The Labute approximate surface area is 199 Å². The number of urea groups is 1. The maximum absolute atomic E-state index is 12.4. The quantitative estimate of drug-likeness (QED) is 0.507. The van der Waals surface area contributed by atoms with Gasteiger partial charge in [-0.3, -0.25) is 4.40 Å². The molecule has 4 rings (SSSR count). The van der Waals surface area contributed by atoms with E-state index in [2.05, 4.69) is 59.1 Å². The fourth-order valence-corrected chi connectivity index (χ4v) is 5.16. The van der Waals surface area contributed by atoms with Gasteiger partial charge in [0.25, 0.3) is 0 Å². The summed E-state index contributed by atoms with van der Waals surface area (Å²) in [5.74, 6) is 1.88. The van der Waals surface area contributed by atoms with Crippen LogP contribution < -0.4 is 10.6 Å². The number of nitrogens with one attached hydrogen (secondary N) is 2. The van der Waals surface area contributed by atoms with Crippen molar-refractivity contribution in [1.82, 2.24) is 25.2 Å². The van der Waals surface area contributed by atoms with Gasteiger partial charge in [0, 0.05) is 40.9 Å². The van der Waals surface area contributed by atoms with Gasteiger partial charge in [0.1, 0.15) is 5.82 Å². The lowest BCUT2D eigenvalue weighted by atomic mass is 9.83. The number of pyridine rings is 1. The maximum atomic E-state index is 12.4. The number of rotatable bonds is 7. The highest BCUT2D eigenvalue weighted by Gasteiger charge is 2.21. The van der Waals surface area contributed by atoms with Crippen molar-refractivity contribution >= 4 is 23.4 Å². The highest BCUT2D eigenvalue weighted by molar-refractivity contribution is 7.99. The van der Waals surface area contributed by atoms with Gasteiger partial charge < -0.3 is 10.6 Å². The predicted octanol–water partition coefficient (Wildman–Crippen LogP) is 5.13. The van der Waals surface area contributed by atoms with E-state index in [1.807, 2.05) is 28.7 Å². The van der Waals surface area contributed by atoms with Gasteiger partial charge in [-0.25, -0.2) is 4.79 Å². The van der Waals surface area contributed by atoms with E-state index in [0.717, 1.165) is 52.5 Å². The van der Waals surface area contributed by atoms with Crippen molar-refractivity contribution < 1.29 is 4.79 Å². The molecule has 33 heavy (non-hydrogen) atoms. The molecule has 1 aliphatic carbocycles. The Morgan fingerprint density at radius 1 is 1.15 bits per heavy atom. The molecule has 172 valence electrons. The number of hydrogen-bond acceptors (Lipinski definition) is 5. The molecule has 1 aromatic carbocycles. The van der Waals surface area contributed by atoms with Crippen LogP contribution in [0.4, 0.5) is 4.79 Å². The molecule has 0 atom stereocenters. The minimum atomic E-state index is -0.148. The zero-order chi connectivity index (χ0) is 23.2. The van der Waals surface area contributed by atoms with E-state index < -0.39 is 0 Å². The number of nitrogens with zero attached hydrogens (tertiary/aromatic N) is 4. The summed E-state index contributed by atoms with van der Waals surface area (Å²) >= 11 is 1.67. The number of carbonyl (C=O) groups excluding carboxylic acids is 1. The van der Waals surface area contributed by atoms with Crippen molar-refractivity contribution in [3.8, 4) is 6.07 Å². The summed E-state index contributed by atoms with van der Waals surface area (Å²) < 4.78 is 2.05. The number of carbonyl (C=O) groups is 1. The van der Waals surface area contributed by atoms with Crippen LogP contribution in [0.1, 0.15) is 56.8 Å². The topological polar surface area (TPSA) is 95.1 Å². The Morgan fingerprint density at radius 2 is 1.94 bits per heavy atom. The lowest BCUT2D eigenvalue weighted by molar-refractivity contribution is 0.234. The predicted molar refractivity (Wildman–Crippen MR) is 129 cm³/mol. The number of nitriles is 1. The van der Waals surface area contributed by atoms with Crippen molar-refractivity contribution in [2.75, 3.05) is 6.54 Å². The van der Waals surface area contributed by atoms with Crippen molar-refractivity contribution in [2.24, 2.45) is 11.8 Å². The summed E-state index contributed by atoms with van der Waals surface area (Å²) in [6, 6.07) is 14.4. The highest BCUT2D eigenvalue weighted by Crippen LogP contribution is 2.31. The van der Waals surface area contributed by atoms with Crippen LogP contribution in [0.3, 0.4) is 0 Å². The lowest BCUT2D eigenvalue weighted by Crippen LogP contribution is -2.38. The van der Waals surface area contributed by atoms with E-state index in [-0.39, 0.29) is 17.9 Å². The molecule has 0 unspecified atom stereocenters. The van der Waals surface area contributed by atoms with E-state index in [4.69, 9.17) is 5.26 Å². The summed E-state index contributed by atoms with van der Waals surface area (Å²) in [5, 5.41) is 23.6. The second kappa shape index (κ2) is 10.7. The first-order valence-electron chi connectivity index (χ1n) is 11.5. The summed E-state index contributed by atoms with van der Waals surface area (Å²) in [7, 11) is 0. The summed E-state index contributed by atoms with van der Waals surface area (Å²) in [5.41, 5.74) is 1.91. The second-order valence-corrected chi connectivity index (χ2v) is 10.0. The van der Waals surface area contributed by atoms with Gasteiger partial charge in [-0.15, -0.1) is 10.2 Å². The van der Waals surface area contributed by atoms with Crippen LogP contribution in [0.2, 0.25) is 0 Å². The standard InChI is InChI=1S/C25H30N6OS/c1-17(2)24-30-29-23-12-11-21(16-31(23)24)33-22-6-4-3-5-20(22)15-28-25(32)27-14-19-9-7-18(13-26)8-10-19/h3-6,11-12,16-19H,7-10,14-15H2,1-2H3,(H2,27,28,32). The summed E-state index contributed by atoms with van der Waals surface area (Å²) in [6.07, 6.45) is 5.97. The molecule has 0 aliphatic heterocycles. The molecule has 8 heteroatoms. The second-order valence-electron chi connectivity index (χ2n) is 8.93. The molecule has 2 heterocycles. The molecule has 2 N–H and O–H groups in total. The number of amides is 2. The van der Waals surface area contributed by atoms with Gasteiger partial charge >= 0.3 is 6.03 Å². The smallest absolute Gasteiger partial charge is 0.315 e. The van der Waals surface area contributed by atoms with Crippen LogP contribution in [0, 0.1) is 23.2 Å². The first kappa shape index (κ1) is 23.1. The van der Waals surface area contributed by atoms with Gasteiger partial charge in [0.15, 0.2) is 5.65 Å². The summed E-state index contributed by atoms with van der Waals surface area (Å²) in [4.78, 5) is 14.6. The minimum Gasteiger partial charge on any atom is -0.338 e. The summed E-state index contributed by atoms with van der Waals surface area (Å²) in [6.45, 7) is 5.35. The molecule has 2 amide bonds. The van der Waals surface area contributed by atoms with Gasteiger partial charge in [0.2, 0.25) is 0 Å². The van der Waals surface area contributed by atoms with Crippen LogP contribution in [0.15, 0.2) is 52.4 Å². The fourth-order valence-electron chi connectivity index (χ4n) is 4.19. The first-order valence-corrected chi connectivity index (χ1v) is 12.4. The molecule has 7 nitrogen and oxygen atoms in total. The highest BCUT2D eigenvalue weighted by atomic mass is 32.2. The van der Waals surface area contributed by atoms with Gasteiger partial charge in [0.05, 0.1) is 6.07 Å². The van der Waals surface area contributed by atoms with Crippen LogP contribution in [-0.2, 0) is 6.54 Å². The average molecular weight is 463 g/mol. The number of aromatic nitrogens is 3. The molecule has 0 radical (unpaired) electrons. The average Bonchev–Trinajstić information content (AvgIpc) is 3.26. The molecule has 0 spiro atoms. The molecule has 2 aromatic heterocycles. The van der Waals surface area contributed by atoms with Crippen molar-refractivity contribution in [3.63, 3.8) is 0 Å². The Bertz CT molecular complexity index is 1140. The fraction of sp³-hybridized carbons (Fsp3) is 0.440. The van der Waals surface area contributed by atoms with E-state index >= 15 is 0 Å². The van der Waals surface area contributed by atoms with Gasteiger partial charge in [-0.1, -0.05) is 43.8 Å². The normalized spacial score (nSPS) is 18.2. The molecular formula is C25H30N6OS. The monoisotopic (exact) mass is 462 g/mol. The Hall–Kier alpha value is -3.05. The van der Waals surface area contributed by atoms with Crippen LogP contribution >= 0.6 is 11.8 Å². The minimum absolute atomic E-state index is 0.148.